The van der Waals surface area contributed by atoms with Gasteiger partial charge in [-0.05, 0) is 37.0 Å². The van der Waals surface area contributed by atoms with Gasteiger partial charge in [-0.25, -0.2) is 0 Å². The third-order valence-electron chi connectivity index (χ3n) is 4.14. The second-order valence-electron chi connectivity index (χ2n) is 5.85. The quantitative estimate of drug-likeness (QED) is 0.667. The van der Waals surface area contributed by atoms with Gasteiger partial charge in [0, 0.05) is 17.5 Å². The third kappa shape index (κ3) is 2.67. The van der Waals surface area contributed by atoms with Crippen molar-refractivity contribution in [2.75, 3.05) is 0 Å². The van der Waals surface area contributed by atoms with Crippen LogP contribution in [-0.4, -0.2) is 16.3 Å². The Bertz CT molecular complexity index is 704. The molecule has 0 radical (unpaired) electrons. The molecule has 114 valence electrons. The molecule has 2 N–H and O–H groups in total. The van der Waals surface area contributed by atoms with Crippen molar-refractivity contribution in [1.29, 1.82) is 0 Å². The van der Waals surface area contributed by atoms with Crippen LogP contribution in [-0.2, 0) is 19.3 Å². The Morgan fingerprint density at radius 3 is 2.64 bits per heavy atom. The molecule has 2 aromatic carbocycles. The van der Waals surface area contributed by atoms with Crippen molar-refractivity contribution in [3.05, 3.63) is 65.2 Å². The zero-order valence-electron chi connectivity index (χ0n) is 12.7. The summed E-state index contributed by atoms with van der Waals surface area (Å²) in [6, 6.07) is 11.7. The fraction of sp³-hybridized carbons (Fsp3) is 0.263. The summed E-state index contributed by atoms with van der Waals surface area (Å²) >= 11 is 0. The Balaban J connectivity index is 1.84. The minimum Gasteiger partial charge on any atom is -0.508 e. The lowest BCUT2D eigenvalue weighted by Gasteiger charge is -2.12. The SMILES string of the molecule is C=C(C)[C@@H]1Cc2c(O)cc(CCc3ccccc3)c(O)c2O1. The molecule has 0 spiro atoms. The molecule has 3 heteroatoms. The maximum atomic E-state index is 10.4. The Hall–Kier alpha value is -2.42. The Morgan fingerprint density at radius 2 is 1.95 bits per heavy atom. The highest BCUT2D eigenvalue weighted by molar-refractivity contribution is 5.60. The molecule has 3 rings (SSSR count). The maximum absolute atomic E-state index is 10.4. The zero-order chi connectivity index (χ0) is 15.7. The topological polar surface area (TPSA) is 49.7 Å². The summed E-state index contributed by atoms with van der Waals surface area (Å²) in [4.78, 5) is 0. The molecule has 1 heterocycles. The molecule has 0 amide bonds. The second-order valence-corrected chi connectivity index (χ2v) is 5.85. The molecule has 0 saturated carbocycles. The van der Waals surface area contributed by atoms with Crippen LogP contribution in [0.1, 0.15) is 23.6 Å². The summed E-state index contributed by atoms with van der Waals surface area (Å²) in [5.74, 6) is 0.753. The zero-order valence-corrected chi connectivity index (χ0v) is 12.7. The standard InChI is InChI=1S/C19H20O3/c1-12(2)17-11-15-16(20)10-14(18(21)19(15)22-17)9-8-13-6-4-3-5-7-13/h3-7,10,17,20-21H,1,8-9,11H2,2H3/t17-/m0/s1. The van der Waals surface area contributed by atoms with E-state index in [2.05, 4.69) is 18.7 Å². The lowest BCUT2D eigenvalue weighted by molar-refractivity contribution is 0.259. The molecule has 1 aliphatic rings. The first-order valence-corrected chi connectivity index (χ1v) is 7.49. The monoisotopic (exact) mass is 296 g/mol. The highest BCUT2D eigenvalue weighted by Gasteiger charge is 2.30. The molecule has 2 aromatic rings. The minimum absolute atomic E-state index is 0.146. The fourth-order valence-corrected chi connectivity index (χ4v) is 2.81. The Kier molecular flexibility index (Phi) is 3.80. The molecule has 0 saturated heterocycles. The first-order chi connectivity index (χ1) is 10.6. The number of ether oxygens (including phenoxy) is 1. The molecule has 0 fully saturated rings. The van der Waals surface area contributed by atoms with Crippen molar-refractivity contribution in [3.63, 3.8) is 0 Å². The van der Waals surface area contributed by atoms with Gasteiger partial charge in [-0.1, -0.05) is 36.9 Å². The van der Waals surface area contributed by atoms with E-state index in [9.17, 15) is 10.2 Å². The predicted octanol–water partition coefficient (Wildman–Crippen LogP) is 3.76. The van der Waals surface area contributed by atoms with Crippen LogP contribution in [0.25, 0.3) is 0 Å². The van der Waals surface area contributed by atoms with Crippen molar-refractivity contribution < 1.29 is 14.9 Å². The minimum atomic E-state index is -0.170. The van der Waals surface area contributed by atoms with Gasteiger partial charge in [-0.2, -0.15) is 0 Å². The van der Waals surface area contributed by atoms with Gasteiger partial charge in [-0.15, -0.1) is 0 Å². The number of phenolic OH excluding ortho intramolecular Hbond substituents is 2. The number of aromatic hydroxyl groups is 2. The maximum Gasteiger partial charge on any atom is 0.169 e. The van der Waals surface area contributed by atoms with E-state index in [1.165, 1.54) is 5.56 Å². The van der Waals surface area contributed by atoms with E-state index in [1.807, 2.05) is 25.1 Å². The summed E-state index contributed by atoms with van der Waals surface area (Å²) in [7, 11) is 0. The van der Waals surface area contributed by atoms with Crippen LogP contribution in [0.15, 0.2) is 48.6 Å². The summed E-state index contributed by atoms with van der Waals surface area (Å²) < 4.78 is 5.76. The second kappa shape index (κ2) is 5.76. The fourth-order valence-electron chi connectivity index (χ4n) is 2.81. The molecule has 0 aliphatic carbocycles. The number of aryl methyl sites for hydroxylation is 2. The van der Waals surface area contributed by atoms with Crippen LogP contribution < -0.4 is 4.74 Å². The molecule has 1 aliphatic heterocycles. The van der Waals surface area contributed by atoms with Crippen molar-refractivity contribution in [2.24, 2.45) is 0 Å². The van der Waals surface area contributed by atoms with Crippen molar-refractivity contribution in [2.45, 2.75) is 32.3 Å². The van der Waals surface area contributed by atoms with Gasteiger partial charge in [0.2, 0.25) is 0 Å². The highest BCUT2D eigenvalue weighted by Crippen LogP contribution is 2.46. The predicted molar refractivity (Wildman–Crippen MR) is 86.6 cm³/mol. The molecular formula is C19H20O3. The van der Waals surface area contributed by atoms with Crippen LogP contribution in [0, 0.1) is 0 Å². The van der Waals surface area contributed by atoms with E-state index in [0.29, 0.717) is 29.7 Å². The molecule has 0 aromatic heterocycles. The van der Waals surface area contributed by atoms with Crippen molar-refractivity contribution in [1.82, 2.24) is 0 Å². The average Bonchev–Trinajstić information content (AvgIpc) is 2.97. The van der Waals surface area contributed by atoms with Gasteiger partial charge >= 0.3 is 0 Å². The van der Waals surface area contributed by atoms with Gasteiger partial charge < -0.3 is 14.9 Å². The van der Waals surface area contributed by atoms with E-state index in [4.69, 9.17) is 4.74 Å². The first kappa shape index (κ1) is 14.5. The number of fused-ring (bicyclic) bond motifs is 1. The summed E-state index contributed by atoms with van der Waals surface area (Å²) in [6.45, 7) is 5.78. The molecule has 0 bridgehead atoms. The average molecular weight is 296 g/mol. The van der Waals surface area contributed by atoms with E-state index in [0.717, 1.165) is 12.0 Å². The highest BCUT2D eigenvalue weighted by atomic mass is 16.5. The van der Waals surface area contributed by atoms with Gasteiger partial charge in [0.25, 0.3) is 0 Å². The summed E-state index contributed by atoms with van der Waals surface area (Å²) in [6.07, 6.45) is 1.84. The van der Waals surface area contributed by atoms with E-state index < -0.39 is 0 Å². The van der Waals surface area contributed by atoms with Crippen molar-refractivity contribution >= 4 is 0 Å². The number of benzene rings is 2. The van der Waals surface area contributed by atoms with Crippen LogP contribution in [0.3, 0.4) is 0 Å². The normalized spacial score (nSPS) is 16.1. The third-order valence-corrected chi connectivity index (χ3v) is 4.14. The molecule has 22 heavy (non-hydrogen) atoms. The molecular weight excluding hydrogens is 276 g/mol. The smallest absolute Gasteiger partial charge is 0.169 e. The molecule has 1 atom stereocenters. The van der Waals surface area contributed by atoms with E-state index in [1.54, 1.807) is 6.07 Å². The van der Waals surface area contributed by atoms with Gasteiger partial charge in [-0.3, -0.25) is 0 Å². The van der Waals surface area contributed by atoms with Crippen LogP contribution in [0.2, 0.25) is 0 Å². The van der Waals surface area contributed by atoms with E-state index in [-0.39, 0.29) is 17.6 Å². The summed E-state index contributed by atoms with van der Waals surface area (Å²) in [5, 5.41) is 20.7. The van der Waals surface area contributed by atoms with Crippen LogP contribution >= 0.6 is 0 Å². The van der Waals surface area contributed by atoms with Gasteiger partial charge in [0.15, 0.2) is 11.5 Å². The lowest BCUT2D eigenvalue weighted by Crippen LogP contribution is -2.13. The molecule has 3 nitrogen and oxygen atoms in total. The largest absolute Gasteiger partial charge is 0.508 e. The number of rotatable bonds is 4. The van der Waals surface area contributed by atoms with Crippen molar-refractivity contribution in [3.8, 4) is 17.2 Å². The first-order valence-electron chi connectivity index (χ1n) is 7.49. The van der Waals surface area contributed by atoms with Crippen LogP contribution in [0.5, 0.6) is 17.2 Å². The number of phenols is 2. The van der Waals surface area contributed by atoms with Gasteiger partial charge in [0.1, 0.15) is 11.9 Å². The Morgan fingerprint density at radius 1 is 1.23 bits per heavy atom. The molecule has 0 unspecified atom stereocenters. The lowest BCUT2D eigenvalue weighted by atomic mass is 9.99. The summed E-state index contributed by atoms with van der Waals surface area (Å²) in [5.41, 5.74) is 3.47. The number of hydrogen-bond acceptors (Lipinski definition) is 3. The number of hydrogen-bond donors (Lipinski definition) is 2. The van der Waals surface area contributed by atoms with E-state index >= 15 is 0 Å². The van der Waals surface area contributed by atoms with Gasteiger partial charge in [0.05, 0.1) is 0 Å². The Labute approximate surface area is 130 Å². The van der Waals surface area contributed by atoms with Crippen LogP contribution in [0.4, 0.5) is 0 Å².